The van der Waals surface area contributed by atoms with Crippen LogP contribution in [0.3, 0.4) is 0 Å². The summed E-state index contributed by atoms with van der Waals surface area (Å²) < 4.78 is 1.68. The first-order chi connectivity index (χ1) is 11.5. The van der Waals surface area contributed by atoms with E-state index < -0.39 is 0 Å². The van der Waals surface area contributed by atoms with Crippen LogP contribution in [0.2, 0.25) is 5.02 Å². The SMILES string of the molecule is Cc1cc(C)n(-c2ccc(Cl)c(C(=O)NCc3ccccn3)n2)n1. The molecule has 0 radical (unpaired) electrons. The second-order valence-electron chi connectivity index (χ2n) is 5.34. The first-order valence-electron chi connectivity index (χ1n) is 7.43. The lowest BCUT2D eigenvalue weighted by molar-refractivity contribution is 0.0945. The minimum absolute atomic E-state index is 0.164. The summed E-state index contributed by atoms with van der Waals surface area (Å²) in [6.45, 7) is 4.14. The van der Waals surface area contributed by atoms with Crippen molar-refractivity contribution in [2.45, 2.75) is 20.4 Å². The Morgan fingerprint density at radius 3 is 2.75 bits per heavy atom. The predicted molar refractivity (Wildman–Crippen MR) is 91.3 cm³/mol. The molecule has 0 saturated carbocycles. The van der Waals surface area contributed by atoms with E-state index in [1.165, 1.54) is 0 Å². The standard InChI is InChI=1S/C17H16ClN5O/c1-11-9-12(2)23(22-11)15-7-6-14(18)16(21-15)17(24)20-10-13-5-3-4-8-19-13/h3-9H,10H2,1-2H3,(H,20,24). The summed E-state index contributed by atoms with van der Waals surface area (Å²) >= 11 is 6.14. The molecular weight excluding hydrogens is 326 g/mol. The lowest BCUT2D eigenvalue weighted by Crippen LogP contribution is -2.25. The summed E-state index contributed by atoms with van der Waals surface area (Å²) in [5.74, 6) is 0.196. The van der Waals surface area contributed by atoms with E-state index in [0.29, 0.717) is 17.4 Å². The van der Waals surface area contributed by atoms with Gasteiger partial charge in [0.2, 0.25) is 0 Å². The van der Waals surface area contributed by atoms with Gasteiger partial charge in [0.25, 0.3) is 5.91 Å². The lowest BCUT2D eigenvalue weighted by Gasteiger charge is -2.09. The van der Waals surface area contributed by atoms with Crippen LogP contribution in [0.25, 0.3) is 5.82 Å². The van der Waals surface area contributed by atoms with Crippen LogP contribution < -0.4 is 5.32 Å². The fourth-order valence-corrected chi connectivity index (χ4v) is 2.52. The molecule has 0 atom stereocenters. The second-order valence-corrected chi connectivity index (χ2v) is 5.75. The van der Waals surface area contributed by atoms with Gasteiger partial charge in [0, 0.05) is 11.9 Å². The van der Waals surface area contributed by atoms with E-state index in [1.54, 1.807) is 23.0 Å². The minimum atomic E-state index is -0.353. The minimum Gasteiger partial charge on any atom is -0.345 e. The molecule has 1 N–H and O–H groups in total. The maximum absolute atomic E-state index is 12.4. The number of pyridine rings is 2. The first-order valence-corrected chi connectivity index (χ1v) is 7.80. The molecule has 0 unspecified atom stereocenters. The molecule has 24 heavy (non-hydrogen) atoms. The zero-order valence-electron chi connectivity index (χ0n) is 13.3. The second kappa shape index (κ2) is 6.80. The smallest absolute Gasteiger partial charge is 0.271 e. The van der Waals surface area contributed by atoms with Gasteiger partial charge in [-0.2, -0.15) is 5.10 Å². The number of carbonyl (C=O) groups is 1. The molecule has 122 valence electrons. The Kier molecular flexibility index (Phi) is 4.57. The maximum Gasteiger partial charge on any atom is 0.271 e. The number of amides is 1. The summed E-state index contributed by atoms with van der Waals surface area (Å²) in [4.78, 5) is 20.9. The van der Waals surface area contributed by atoms with Crippen molar-refractivity contribution < 1.29 is 4.79 Å². The van der Waals surface area contributed by atoms with Crippen molar-refractivity contribution in [1.82, 2.24) is 25.1 Å². The number of rotatable bonds is 4. The molecule has 3 aromatic rings. The van der Waals surface area contributed by atoms with Crippen molar-refractivity contribution in [1.29, 1.82) is 0 Å². The highest BCUT2D eigenvalue weighted by Gasteiger charge is 2.15. The number of halogens is 1. The van der Waals surface area contributed by atoms with Gasteiger partial charge in [-0.25, -0.2) is 9.67 Å². The lowest BCUT2D eigenvalue weighted by atomic mass is 10.3. The molecule has 0 fully saturated rings. The predicted octanol–water partition coefficient (Wildman–Crippen LogP) is 2.86. The summed E-state index contributed by atoms with van der Waals surface area (Å²) in [5.41, 5.74) is 2.74. The third-order valence-electron chi connectivity index (χ3n) is 3.43. The van der Waals surface area contributed by atoms with Gasteiger partial charge >= 0.3 is 0 Å². The van der Waals surface area contributed by atoms with Gasteiger partial charge in [-0.1, -0.05) is 17.7 Å². The molecule has 0 aliphatic carbocycles. The van der Waals surface area contributed by atoms with Gasteiger partial charge in [0.15, 0.2) is 5.82 Å². The van der Waals surface area contributed by atoms with Crippen molar-refractivity contribution >= 4 is 17.5 Å². The summed E-state index contributed by atoms with van der Waals surface area (Å²) in [5, 5.41) is 7.44. The maximum atomic E-state index is 12.4. The highest BCUT2D eigenvalue weighted by atomic mass is 35.5. The Morgan fingerprint density at radius 2 is 2.08 bits per heavy atom. The Hall–Kier alpha value is -2.73. The van der Waals surface area contributed by atoms with Crippen LogP contribution in [-0.4, -0.2) is 25.7 Å². The zero-order valence-corrected chi connectivity index (χ0v) is 14.1. The number of nitrogens with one attached hydrogen (secondary N) is 1. The van der Waals surface area contributed by atoms with Crippen molar-refractivity contribution in [3.05, 3.63) is 70.4 Å². The summed E-state index contributed by atoms with van der Waals surface area (Å²) in [6.07, 6.45) is 1.68. The van der Waals surface area contributed by atoms with Gasteiger partial charge in [-0.15, -0.1) is 0 Å². The molecular formula is C17H16ClN5O. The normalized spacial score (nSPS) is 10.6. The number of hydrogen-bond acceptors (Lipinski definition) is 4. The largest absolute Gasteiger partial charge is 0.345 e. The van der Waals surface area contributed by atoms with Crippen molar-refractivity contribution in [2.75, 3.05) is 0 Å². The molecule has 3 aromatic heterocycles. The van der Waals surface area contributed by atoms with Crippen LogP contribution in [-0.2, 0) is 6.54 Å². The quantitative estimate of drug-likeness (QED) is 0.792. The number of aryl methyl sites for hydroxylation is 2. The molecule has 1 amide bonds. The van der Waals surface area contributed by atoms with E-state index >= 15 is 0 Å². The summed E-state index contributed by atoms with van der Waals surface area (Å²) in [6, 6.07) is 10.8. The Bertz CT molecular complexity index is 876. The van der Waals surface area contributed by atoms with Gasteiger partial charge < -0.3 is 5.32 Å². The van der Waals surface area contributed by atoms with Crippen molar-refractivity contribution in [3.63, 3.8) is 0 Å². The molecule has 7 heteroatoms. The first kappa shape index (κ1) is 16.1. The van der Waals surface area contributed by atoms with E-state index in [-0.39, 0.29) is 11.6 Å². The van der Waals surface area contributed by atoms with Crippen LogP contribution >= 0.6 is 11.6 Å². The molecule has 0 aromatic carbocycles. The molecule has 0 bridgehead atoms. The van der Waals surface area contributed by atoms with Crippen LogP contribution in [0, 0.1) is 13.8 Å². The molecule has 0 aliphatic heterocycles. The monoisotopic (exact) mass is 341 g/mol. The van der Waals surface area contributed by atoms with E-state index in [9.17, 15) is 4.79 Å². The number of aromatic nitrogens is 4. The Balaban J connectivity index is 1.83. The number of nitrogens with zero attached hydrogens (tertiary/aromatic N) is 4. The van der Waals surface area contributed by atoms with Gasteiger partial charge in [-0.3, -0.25) is 9.78 Å². The van der Waals surface area contributed by atoms with Crippen LogP contribution in [0.5, 0.6) is 0 Å². The molecule has 0 spiro atoms. The molecule has 3 heterocycles. The number of carbonyl (C=O) groups excluding carboxylic acids is 1. The number of hydrogen-bond donors (Lipinski definition) is 1. The molecule has 0 aliphatic rings. The molecule has 0 saturated heterocycles. The third kappa shape index (κ3) is 3.44. The van der Waals surface area contributed by atoms with E-state index in [4.69, 9.17) is 11.6 Å². The van der Waals surface area contributed by atoms with Gasteiger partial charge in [0.1, 0.15) is 5.69 Å². The fraction of sp³-hybridized carbons (Fsp3) is 0.176. The van der Waals surface area contributed by atoms with Crippen LogP contribution in [0.1, 0.15) is 27.6 Å². The average Bonchev–Trinajstić information content (AvgIpc) is 2.92. The van der Waals surface area contributed by atoms with Crippen molar-refractivity contribution in [2.24, 2.45) is 0 Å². The average molecular weight is 342 g/mol. The van der Waals surface area contributed by atoms with Crippen LogP contribution in [0.4, 0.5) is 0 Å². The molecule has 6 nitrogen and oxygen atoms in total. The van der Waals surface area contributed by atoms with E-state index in [2.05, 4.69) is 20.4 Å². The fourth-order valence-electron chi connectivity index (χ4n) is 2.33. The Labute approximate surface area is 144 Å². The van der Waals surface area contributed by atoms with E-state index in [0.717, 1.165) is 17.1 Å². The highest BCUT2D eigenvalue weighted by Crippen LogP contribution is 2.17. The van der Waals surface area contributed by atoms with Gasteiger partial charge in [0.05, 0.1) is 23.0 Å². The van der Waals surface area contributed by atoms with Gasteiger partial charge in [-0.05, 0) is 44.2 Å². The Morgan fingerprint density at radius 1 is 1.25 bits per heavy atom. The zero-order chi connectivity index (χ0) is 17.1. The molecule has 3 rings (SSSR count). The summed E-state index contributed by atoms with van der Waals surface area (Å²) in [7, 11) is 0. The highest BCUT2D eigenvalue weighted by molar-refractivity contribution is 6.33. The third-order valence-corrected chi connectivity index (χ3v) is 3.73. The van der Waals surface area contributed by atoms with Crippen molar-refractivity contribution in [3.8, 4) is 5.82 Å². The van der Waals surface area contributed by atoms with Crippen LogP contribution in [0.15, 0.2) is 42.6 Å². The van der Waals surface area contributed by atoms with E-state index in [1.807, 2.05) is 38.1 Å². The topological polar surface area (TPSA) is 72.7 Å².